The lowest BCUT2D eigenvalue weighted by Crippen LogP contribution is -2.15. The monoisotopic (exact) mass is 279 g/mol. The third-order valence-corrected chi connectivity index (χ3v) is 2.22. The van der Waals surface area contributed by atoms with Crippen LogP contribution in [0.5, 0.6) is 0 Å². The Hall–Kier alpha value is -0.0900. The molecule has 2 nitrogen and oxygen atoms in total. The van der Waals surface area contributed by atoms with E-state index in [1.54, 1.807) is 0 Å². The van der Waals surface area contributed by atoms with Gasteiger partial charge in [0.05, 0.1) is 0 Å². The quantitative estimate of drug-likeness (QED) is 0.812. The summed E-state index contributed by atoms with van der Waals surface area (Å²) < 4.78 is 1.11. The van der Waals surface area contributed by atoms with E-state index in [1.807, 2.05) is 12.1 Å². The van der Waals surface area contributed by atoms with Crippen molar-refractivity contribution in [3.8, 4) is 0 Å². The maximum absolute atomic E-state index is 8.56. The molecule has 0 fully saturated rings. The molecule has 0 aliphatic rings. The molecule has 0 amide bonds. The molecular formula is C10H15BrClNO. The fraction of sp³-hybridized carbons (Fsp3) is 0.400. The van der Waals surface area contributed by atoms with Gasteiger partial charge < -0.3 is 10.4 Å². The largest absolute Gasteiger partial charge is 0.396 e. The maximum atomic E-state index is 8.56. The molecule has 2 N–H and O–H groups in total. The summed E-state index contributed by atoms with van der Waals surface area (Å²) in [4.78, 5) is 0. The second-order valence-corrected chi connectivity index (χ2v) is 3.80. The second-order valence-electron chi connectivity index (χ2n) is 2.88. The third-order valence-electron chi connectivity index (χ3n) is 1.73. The first-order valence-corrected chi connectivity index (χ1v) is 5.18. The van der Waals surface area contributed by atoms with Crippen LogP contribution < -0.4 is 5.32 Å². The summed E-state index contributed by atoms with van der Waals surface area (Å²) in [6.45, 7) is 1.98. The first-order chi connectivity index (χ1) is 6.33. The highest BCUT2D eigenvalue weighted by molar-refractivity contribution is 9.10. The summed E-state index contributed by atoms with van der Waals surface area (Å²) in [7, 11) is 0. The molecule has 0 atom stereocenters. The second kappa shape index (κ2) is 8.24. The lowest BCUT2D eigenvalue weighted by molar-refractivity contribution is 0.286. The van der Waals surface area contributed by atoms with Crippen molar-refractivity contribution in [2.75, 3.05) is 13.2 Å². The molecule has 80 valence electrons. The number of benzene rings is 1. The van der Waals surface area contributed by atoms with Gasteiger partial charge in [0.1, 0.15) is 0 Å². The van der Waals surface area contributed by atoms with Gasteiger partial charge in [0.2, 0.25) is 0 Å². The van der Waals surface area contributed by atoms with E-state index in [-0.39, 0.29) is 19.0 Å². The van der Waals surface area contributed by atoms with Crippen LogP contribution in [0.2, 0.25) is 0 Å². The minimum Gasteiger partial charge on any atom is -0.396 e. The van der Waals surface area contributed by atoms with Crippen molar-refractivity contribution in [1.29, 1.82) is 0 Å². The number of hydrogen-bond acceptors (Lipinski definition) is 2. The Bertz CT molecular complexity index is 258. The minimum absolute atomic E-state index is 0. The van der Waals surface area contributed by atoms with E-state index in [0.29, 0.717) is 0 Å². The molecule has 0 aromatic heterocycles. The van der Waals surface area contributed by atoms with E-state index in [2.05, 4.69) is 33.4 Å². The third kappa shape index (κ3) is 5.60. The Kier molecular flexibility index (Phi) is 8.18. The number of hydrogen-bond donors (Lipinski definition) is 2. The molecule has 0 unspecified atom stereocenters. The summed E-state index contributed by atoms with van der Waals surface area (Å²) in [6, 6.07) is 8.20. The molecule has 1 aromatic carbocycles. The summed E-state index contributed by atoms with van der Waals surface area (Å²) in [5, 5.41) is 11.8. The average molecular weight is 281 g/mol. The molecule has 1 aromatic rings. The Morgan fingerprint density at radius 3 is 2.79 bits per heavy atom. The van der Waals surface area contributed by atoms with E-state index >= 15 is 0 Å². The van der Waals surface area contributed by atoms with Crippen molar-refractivity contribution in [1.82, 2.24) is 5.32 Å². The molecule has 0 aliphatic carbocycles. The van der Waals surface area contributed by atoms with Crippen LogP contribution in [0.3, 0.4) is 0 Å². The van der Waals surface area contributed by atoms with E-state index in [0.717, 1.165) is 24.0 Å². The van der Waals surface area contributed by atoms with E-state index in [4.69, 9.17) is 5.11 Å². The van der Waals surface area contributed by atoms with Crippen molar-refractivity contribution in [3.63, 3.8) is 0 Å². The predicted octanol–water partition coefficient (Wildman–Crippen LogP) is 2.34. The number of nitrogens with one attached hydrogen (secondary N) is 1. The van der Waals surface area contributed by atoms with Crippen LogP contribution in [-0.4, -0.2) is 18.3 Å². The van der Waals surface area contributed by atoms with Gasteiger partial charge >= 0.3 is 0 Å². The van der Waals surface area contributed by atoms with Crippen molar-refractivity contribution >= 4 is 28.3 Å². The molecule has 0 aliphatic heterocycles. The van der Waals surface area contributed by atoms with Crippen LogP contribution in [0.1, 0.15) is 12.0 Å². The summed E-state index contributed by atoms with van der Waals surface area (Å²) in [5.74, 6) is 0. The topological polar surface area (TPSA) is 32.3 Å². The van der Waals surface area contributed by atoms with Crippen LogP contribution in [0.25, 0.3) is 0 Å². The van der Waals surface area contributed by atoms with Crippen LogP contribution in [0.15, 0.2) is 28.7 Å². The fourth-order valence-electron chi connectivity index (χ4n) is 1.08. The van der Waals surface area contributed by atoms with Gasteiger partial charge in [0, 0.05) is 17.6 Å². The molecule has 4 heteroatoms. The van der Waals surface area contributed by atoms with Crippen LogP contribution >= 0.6 is 28.3 Å². The first kappa shape index (κ1) is 13.9. The Labute approximate surface area is 99.3 Å². The molecule has 0 saturated carbocycles. The molecule has 14 heavy (non-hydrogen) atoms. The molecule has 0 radical (unpaired) electrons. The van der Waals surface area contributed by atoms with Gasteiger partial charge in [-0.25, -0.2) is 0 Å². The molecule has 0 heterocycles. The molecule has 0 spiro atoms. The van der Waals surface area contributed by atoms with Crippen molar-refractivity contribution < 1.29 is 5.11 Å². The number of aliphatic hydroxyl groups excluding tert-OH is 1. The lowest BCUT2D eigenvalue weighted by Gasteiger charge is -2.03. The van der Waals surface area contributed by atoms with Gasteiger partial charge in [0.25, 0.3) is 0 Å². The highest BCUT2D eigenvalue weighted by atomic mass is 79.9. The van der Waals surface area contributed by atoms with Gasteiger partial charge in [-0.2, -0.15) is 0 Å². The zero-order valence-corrected chi connectivity index (χ0v) is 10.3. The Morgan fingerprint density at radius 2 is 2.14 bits per heavy atom. The highest BCUT2D eigenvalue weighted by Crippen LogP contribution is 2.11. The Morgan fingerprint density at radius 1 is 1.36 bits per heavy atom. The summed E-state index contributed by atoms with van der Waals surface area (Å²) >= 11 is 3.42. The van der Waals surface area contributed by atoms with E-state index in [1.165, 1.54) is 5.56 Å². The Balaban J connectivity index is 0.00000169. The average Bonchev–Trinajstić information content (AvgIpc) is 2.13. The van der Waals surface area contributed by atoms with Gasteiger partial charge in [-0.05, 0) is 30.7 Å². The SMILES string of the molecule is Cl.OCCCNCc1cccc(Br)c1. The minimum atomic E-state index is 0. The molecule has 0 saturated heterocycles. The highest BCUT2D eigenvalue weighted by Gasteiger charge is 1.92. The molecule has 0 bridgehead atoms. The number of rotatable bonds is 5. The first-order valence-electron chi connectivity index (χ1n) is 4.39. The van der Waals surface area contributed by atoms with Crippen molar-refractivity contribution in [3.05, 3.63) is 34.3 Å². The van der Waals surface area contributed by atoms with Crippen LogP contribution in [0, 0.1) is 0 Å². The zero-order chi connectivity index (χ0) is 9.52. The van der Waals surface area contributed by atoms with E-state index < -0.39 is 0 Å². The molecule has 1 rings (SSSR count). The van der Waals surface area contributed by atoms with E-state index in [9.17, 15) is 0 Å². The number of halogens is 2. The van der Waals surface area contributed by atoms with Gasteiger partial charge in [0.15, 0.2) is 0 Å². The van der Waals surface area contributed by atoms with Gasteiger partial charge in [-0.3, -0.25) is 0 Å². The van der Waals surface area contributed by atoms with Crippen LogP contribution in [0.4, 0.5) is 0 Å². The smallest absolute Gasteiger partial charge is 0.0443 e. The van der Waals surface area contributed by atoms with Crippen LogP contribution in [-0.2, 0) is 6.54 Å². The zero-order valence-electron chi connectivity index (χ0n) is 7.87. The van der Waals surface area contributed by atoms with Gasteiger partial charge in [-0.15, -0.1) is 12.4 Å². The normalized spacial score (nSPS) is 9.57. The fourth-order valence-corrected chi connectivity index (χ4v) is 1.53. The lowest BCUT2D eigenvalue weighted by atomic mass is 10.2. The standard InChI is InChI=1S/C10H14BrNO.ClH/c11-10-4-1-3-9(7-10)8-12-5-2-6-13;/h1,3-4,7,12-13H,2,5-6,8H2;1H. The van der Waals surface area contributed by atoms with Crippen molar-refractivity contribution in [2.24, 2.45) is 0 Å². The predicted molar refractivity (Wildman–Crippen MR) is 64.8 cm³/mol. The van der Waals surface area contributed by atoms with Gasteiger partial charge in [-0.1, -0.05) is 28.1 Å². The summed E-state index contributed by atoms with van der Waals surface area (Å²) in [5.41, 5.74) is 1.26. The maximum Gasteiger partial charge on any atom is 0.0443 e. The summed E-state index contributed by atoms with van der Waals surface area (Å²) in [6.07, 6.45) is 0.813. The van der Waals surface area contributed by atoms with Crippen molar-refractivity contribution in [2.45, 2.75) is 13.0 Å². The number of aliphatic hydroxyl groups is 1. The molecular weight excluding hydrogens is 265 g/mol.